The van der Waals surface area contributed by atoms with Crippen molar-refractivity contribution in [1.82, 2.24) is 4.98 Å². The molecule has 4 heteroatoms. The number of H-pyrrole nitrogens is 1. The average Bonchev–Trinajstić information content (AvgIpc) is 2.56. The third kappa shape index (κ3) is 2.85. The number of hydrogen-bond acceptors (Lipinski definition) is 2. The lowest BCUT2D eigenvalue weighted by Crippen LogP contribution is -2.32. The maximum atomic E-state index is 5.46. The summed E-state index contributed by atoms with van der Waals surface area (Å²) in [5.74, 6) is 0.829. The molecule has 1 N–H and O–H groups in total. The molecule has 0 atom stereocenters. The van der Waals surface area contributed by atoms with Gasteiger partial charge < -0.3 is 4.74 Å². The molecule has 0 spiro atoms. The predicted octanol–water partition coefficient (Wildman–Crippen LogP) is 3.70. The van der Waals surface area contributed by atoms with Crippen LogP contribution in [-0.4, -0.2) is 12.1 Å². The Balaban J connectivity index is 2.00. The third-order valence-electron chi connectivity index (χ3n) is 3.29. The summed E-state index contributed by atoms with van der Waals surface area (Å²) in [6.07, 6.45) is 1.98. The third-order valence-corrected chi connectivity index (χ3v) is 3.58. The number of nitrogens with one attached hydrogen (secondary N) is 1. The van der Waals surface area contributed by atoms with Gasteiger partial charge in [-0.15, -0.1) is 0 Å². The molecule has 0 amide bonds. The number of rotatable bonds is 3. The van der Waals surface area contributed by atoms with E-state index in [1.54, 1.807) is 7.11 Å². The van der Waals surface area contributed by atoms with Crippen LogP contribution in [-0.2, 0) is 0 Å². The Morgan fingerprint density at radius 2 is 1.67 bits per heavy atom. The molecule has 104 valence electrons. The van der Waals surface area contributed by atoms with Crippen LogP contribution in [0.2, 0.25) is 0 Å². The van der Waals surface area contributed by atoms with Gasteiger partial charge in [-0.1, -0.05) is 30.3 Å². The largest absolute Gasteiger partial charge is 0.497 e. The number of benzene rings is 2. The van der Waals surface area contributed by atoms with Crippen molar-refractivity contribution in [3.8, 4) is 22.7 Å². The molecule has 0 unspecified atom stereocenters. The minimum absolute atomic E-state index is 0.654. The van der Waals surface area contributed by atoms with E-state index >= 15 is 0 Å². The average molecular weight is 295 g/mol. The van der Waals surface area contributed by atoms with Crippen LogP contribution in [0.25, 0.3) is 16.9 Å². The smallest absolute Gasteiger partial charge is 0.354 e. The summed E-state index contributed by atoms with van der Waals surface area (Å²) in [5.41, 5.74) is 3.12. The van der Waals surface area contributed by atoms with Crippen molar-refractivity contribution in [2.45, 2.75) is 0 Å². The van der Waals surface area contributed by atoms with Gasteiger partial charge in [-0.25, -0.2) is 4.98 Å². The Morgan fingerprint density at radius 3 is 2.29 bits per heavy atom. The van der Waals surface area contributed by atoms with E-state index < -0.39 is 0 Å². The summed E-state index contributed by atoms with van der Waals surface area (Å²) in [4.78, 5) is 3.27. The van der Waals surface area contributed by atoms with Crippen molar-refractivity contribution in [2.24, 2.45) is 0 Å². The maximum absolute atomic E-state index is 5.46. The molecule has 0 saturated carbocycles. The molecule has 0 fully saturated rings. The van der Waals surface area contributed by atoms with Gasteiger partial charge in [-0.05, 0) is 24.3 Å². The van der Waals surface area contributed by atoms with Crippen molar-refractivity contribution in [3.05, 3.63) is 71.6 Å². The molecule has 0 aliphatic heterocycles. The quantitative estimate of drug-likeness (QED) is 0.589. The van der Waals surface area contributed by atoms with Crippen LogP contribution in [0.4, 0.5) is 0 Å². The van der Waals surface area contributed by atoms with Crippen molar-refractivity contribution in [3.63, 3.8) is 0 Å². The molecule has 0 saturated heterocycles. The molecule has 3 rings (SSSR count). The zero-order valence-electron chi connectivity index (χ0n) is 11.6. The van der Waals surface area contributed by atoms with Gasteiger partial charge in [0.2, 0.25) is 0 Å². The Bertz CT molecular complexity index is 795. The van der Waals surface area contributed by atoms with Crippen molar-refractivity contribution in [1.29, 1.82) is 0 Å². The van der Waals surface area contributed by atoms with Gasteiger partial charge in [0, 0.05) is 23.8 Å². The lowest BCUT2D eigenvalue weighted by molar-refractivity contribution is -0.606. The molecule has 3 aromatic rings. The molecule has 0 aliphatic carbocycles. The van der Waals surface area contributed by atoms with Crippen LogP contribution < -0.4 is 9.30 Å². The Labute approximate surface area is 128 Å². The van der Waals surface area contributed by atoms with Gasteiger partial charge in [-0.2, -0.15) is 4.57 Å². The topological polar surface area (TPSA) is 28.9 Å². The van der Waals surface area contributed by atoms with Crippen LogP contribution >= 0.6 is 12.2 Å². The summed E-state index contributed by atoms with van der Waals surface area (Å²) in [6.45, 7) is 0. The second-order valence-electron chi connectivity index (χ2n) is 4.59. The van der Waals surface area contributed by atoms with Crippen LogP contribution in [0, 0.1) is 4.77 Å². The lowest BCUT2D eigenvalue weighted by atomic mass is 10.1. The monoisotopic (exact) mass is 295 g/mol. The van der Waals surface area contributed by atoms with E-state index in [2.05, 4.69) is 17.1 Å². The van der Waals surface area contributed by atoms with Crippen molar-refractivity contribution >= 4 is 12.2 Å². The summed E-state index contributed by atoms with van der Waals surface area (Å²) in [7, 11) is 1.66. The fourth-order valence-electron chi connectivity index (χ4n) is 2.17. The van der Waals surface area contributed by atoms with Gasteiger partial charge >= 0.3 is 4.77 Å². The number of aromatic nitrogens is 2. The first-order valence-electron chi connectivity index (χ1n) is 6.63. The SMILES string of the molecule is COc1ccc(-[n+]2ccc(-c3ccccc3)[nH]c2=S)cc1. The minimum atomic E-state index is 0.654. The number of hydrogen-bond donors (Lipinski definition) is 1. The zero-order valence-corrected chi connectivity index (χ0v) is 12.4. The fraction of sp³-hybridized carbons (Fsp3) is 0.0588. The van der Waals surface area contributed by atoms with Crippen LogP contribution in [0.5, 0.6) is 5.75 Å². The van der Waals surface area contributed by atoms with Gasteiger partial charge in [0.25, 0.3) is 0 Å². The molecular weight excluding hydrogens is 280 g/mol. The number of nitrogens with zero attached hydrogens (tertiary/aromatic N) is 1. The molecule has 1 heterocycles. The van der Waals surface area contributed by atoms with Gasteiger partial charge in [0.1, 0.15) is 23.3 Å². The lowest BCUT2D eigenvalue weighted by Gasteiger charge is -2.03. The molecule has 21 heavy (non-hydrogen) atoms. The Morgan fingerprint density at radius 1 is 0.952 bits per heavy atom. The molecule has 1 aromatic heterocycles. The van der Waals surface area contributed by atoms with Crippen molar-refractivity contribution in [2.75, 3.05) is 7.11 Å². The van der Waals surface area contributed by atoms with E-state index in [9.17, 15) is 0 Å². The molecule has 3 nitrogen and oxygen atoms in total. The first-order chi connectivity index (χ1) is 10.3. The van der Waals surface area contributed by atoms with E-state index in [-0.39, 0.29) is 0 Å². The van der Waals surface area contributed by atoms with E-state index in [0.717, 1.165) is 22.7 Å². The summed E-state index contributed by atoms with van der Waals surface area (Å²) in [5, 5.41) is 0. The molecule has 2 aromatic carbocycles. The van der Waals surface area contributed by atoms with Crippen LogP contribution in [0.15, 0.2) is 66.9 Å². The second kappa shape index (κ2) is 5.89. The van der Waals surface area contributed by atoms with Crippen LogP contribution in [0.3, 0.4) is 0 Å². The van der Waals surface area contributed by atoms with Gasteiger partial charge in [-0.3, -0.25) is 0 Å². The molecule has 0 radical (unpaired) electrons. The van der Waals surface area contributed by atoms with Gasteiger partial charge in [0.15, 0.2) is 0 Å². The highest BCUT2D eigenvalue weighted by atomic mass is 32.1. The second-order valence-corrected chi connectivity index (χ2v) is 4.98. The normalized spacial score (nSPS) is 10.3. The van der Waals surface area contributed by atoms with Crippen molar-refractivity contribution < 1.29 is 9.30 Å². The Hall–Kier alpha value is -2.46. The van der Waals surface area contributed by atoms with E-state index in [0.29, 0.717) is 4.77 Å². The fourth-order valence-corrected chi connectivity index (χ4v) is 2.44. The summed E-state index contributed by atoms with van der Waals surface area (Å²) >= 11 is 5.46. The molecular formula is C17H15N2OS+. The highest BCUT2D eigenvalue weighted by molar-refractivity contribution is 7.71. The van der Waals surface area contributed by atoms with E-state index in [1.807, 2.05) is 59.3 Å². The van der Waals surface area contributed by atoms with E-state index in [1.165, 1.54) is 0 Å². The number of methoxy groups -OCH3 is 1. The van der Waals surface area contributed by atoms with Crippen LogP contribution in [0.1, 0.15) is 0 Å². The first-order valence-corrected chi connectivity index (χ1v) is 7.03. The highest BCUT2D eigenvalue weighted by Gasteiger charge is 2.08. The minimum Gasteiger partial charge on any atom is -0.497 e. The predicted molar refractivity (Wildman–Crippen MR) is 85.1 cm³/mol. The van der Waals surface area contributed by atoms with Gasteiger partial charge in [0.05, 0.1) is 7.11 Å². The standard InChI is InChI=1S/C17H14N2OS/c1-20-15-9-7-14(8-10-15)19-12-11-16(18-17(19)21)13-5-3-2-4-6-13/h2-12H,1H3/p+1. The Kier molecular flexibility index (Phi) is 3.79. The maximum Gasteiger partial charge on any atom is 0.354 e. The summed E-state index contributed by atoms with van der Waals surface area (Å²) < 4.78 is 7.76. The zero-order chi connectivity index (χ0) is 14.7. The summed E-state index contributed by atoms with van der Waals surface area (Å²) in [6, 6.07) is 19.9. The molecule has 0 bridgehead atoms. The first kappa shape index (κ1) is 13.5. The van der Waals surface area contributed by atoms with E-state index in [4.69, 9.17) is 17.0 Å². The molecule has 0 aliphatic rings. The highest BCUT2D eigenvalue weighted by Crippen LogP contribution is 2.15. The number of ether oxygens (including phenoxy) is 1. The number of aromatic amines is 1.